The van der Waals surface area contributed by atoms with E-state index in [4.69, 9.17) is 21.5 Å². The molecule has 0 radical (unpaired) electrons. The van der Waals surface area contributed by atoms with Crippen molar-refractivity contribution in [1.29, 1.82) is 0 Å². The molecule has 0 aliphatic carbocycles. The zero-order chi connectivity index (χ0) is 10.4. The minimum Gasteiger partial charge on any atom is -0.330 e. The second kappa shape index (κ2) is 6.97. The van der Waals surface area contributed by atoms with E-state index in [0.717, 1.165) is 0 Å². The van der Waals surface area contributed by atoms with Gasteiger partial charge in [-0.15, -0.1) is 0 Å². The van der Waals surface area contributed by atoms with E-state index >= 15 is 0 Å². The van der Waals surface area contributed by atoms with Crippen LogP contribution in [0.2, 0.25) is 0 Å². The molecule has 0 heterocycles. The van der Waals surface area contributed by atoms with E-state index in [0.29, 0.717) is 25.2 Å². The maximum Gasteiger partial charge on any atom is 0.207 e. The SMILES string of the molecule is CC(C)N(C(C)C)P(Cl)OCCN. The molecule has 0 fully saturated rings. The highest BCUT2D eigenvalue weighted by molar-refractivity contribution is 7.78. The van der Waals surface area contributed by atoms with Gasteiger partial charge in [0.05, 0.1) is 6.61 Å². The fourth-order valence-corrected chi connectivity index (χ4v) is 3.52. The lowest BCUT2D eigenvalue weighted by Gasteiger charge is -2.32. The molecule has 0 aromatic heterocycles. The third-order valence-electron chi connectivity index (χ3n) is 1.56. The van der Waals surface area contributed by atoms with E-state index in [1.165, 1.54) is 0 Å². The fourth-order valence-electron chi connectivity index (χ4n) is 1.15. The van der Waals surface area contributed by atoms with E-state index in [1.54, 1.807) is 0 Å². The molecule has 0 aromatic carbocycles. The number of nitrogens with two attached hydrogens (primary N) is 1. The first kappa shape index (κ1) is 13.6. The van der Waals surface area contributed by atoms with Crippen LogP contribution >= 0.6 is 18.9 Å². The van der Waals surface area contributed by atoms with Gasteiger partial charge in [0.25, 0.3) is 0 Å². The summed E-state index contributed by atoms with van der Waals surface area (Å²) in [5.41, 5.74) is 5.34. The van der Waals surface area contributed by atoms with E-state index in [9.17, 15) is 0 Å². The molecule has 1 unspecified atom stereocenters. The molecular formula is C8H20ClN2OP. The molecule has 13 heavy (non-hydrogen) atoms. The summed E-state index contributed by atoms with van der Waals surface area (Å²) in [6, 6.07) is 0.808. The predicted octanol–water partition coefficient (Wildman–Crippen LogP) is 2.55. The molecular weight excluding hydrogens is 207 g/mol. The summed E-state index contributed by atoms with van der Waals surface area (Å²) in [4.78, 5) is 0. The van der Waals surface area contributed by atoms with Crippen molar-refractivity contribution < 1.29 is 4.52 Å². The topological polar surface area (TPSA) is 38.5 Å². The predicted molar refractivity (Wildman–Crippen MR) is 59.9 cm³/mol. The van der Waals surface area contributed by atoms with Gasteiger partial charge in [0, 0.05) is 18.6 Å². The Balaban J connectivity index is 4.04. The van der Waals surface area contributed by atoms with E-state index < -0.39 is 7.65 Å². The summed E-state index contributed by atoms with van der Waals surface area (Å²) in [6.07, 6.45) is 0. The molecule has 3 nitrogen and oxygen atoms in total. The van der Waals surface area contributed by atoms with Crippen molar-refractivity contribution in [3.63, 3.8) is 0 Å². The second-order valence-electron chi connectivity index (χ2n) is 3.42. The van der Waals surface area contributed by atoms with E-state index in [1.807, 2.05) is 0 Å². The van der Waals surface area contributed by atoms with Crippen molar-refractivity contribution >= 4 is 18.9 Å². The first-order valence-corrected chi connectivity index (χ1v) is 6.69. The minimum absolute atomic E-state index is 0.404. The second-order valence-corrected chi connectivity index (χ2v) is 5.46. The Morgan fingerprint density at radius 2 is 1.77 bits per heavy atom. The minimum atomic E-state index is -1.00. The highest BCUT2D eigenvalue weighted by Gasteiger charge is 2.23. The van der Waals surface area contributed by atoms with Crippen LogP contribution in [0.5, 0.6) is 0 Å². The van der Waals surface area contributed by atoms with E-state index in [2.05, 4.69) is 32.4 Å². The maximum absolute atomic E-state index is 6.13. The van der Waals surface area contributed by atoms with Crippen LogP contribution in [0.1, 0.15) is 27.7 Å². The van der Waals surface area contributed by atoms with Crippen LogP contribution in [0.4, 0.5) is 0 Å². The third-order valence-corrected chi connectivity index (χ3v) is 4.05. The van der Waals surface area contributed by atoms with Crippen LogP contribution in [0, 0.1) is 0 Å². The lowest BCUT2D eigenvalue weighted by Crippen LogP contribution is -2.32. The maximum atomic E-state index is 6.13. The molecule has 0 aliphatic rings. The highest BCUT2D eigenvalue weighted by atomic mass is 35.7. The Morgan fingerprint density at radius 1 is 1.31 bits per heavy atom. The molecule has 0 aliphatic heterocycles. The van der Waals surface area contributed by atoms with Crippen molar-refractivity contribution in [2.45, 2.75) is 39.8 Å². The van der Waals surface area contributed by atoms with Gasteiger partial charge in [-0.1, -0.05) is 0 Å². The van der Waals surface area contributed by atoms with Gasteiger partial charge in [-0.25, -0.2) is 4.67 Å². The summed E-state index contributed by atoms with van der Waals surface area (Å²) in [5, 5.41) is 0. The van der Waals surface area contributed by atoms with Gasteiger partial charge in [0.1, 0.15) is 0 Å². The van der Waals surface area contributed by atoms with Crippen LogP contribution in [-0.2, 0) is 4.52 Å². The Bertz CT molecular complexity index is 127. The lowest BCUT2D eigenvalue weighted by atomic mass is 10.3. The number of hydrogen-bond donors (Lipinski definition) is 1. The van der Waals surface area contributed by atoms with Crippen molar-refractivity contribution in [3.8, 4) is 0 Å². The number of hydrogen-bond acceptors (Lipinski definition) is 3. The van der Waals surface area contributed by atoms with Gasteiger partial charge in [-0.2, -0.15) is 0 Å². The molecule has 0 spiro atoms. The van der Waals surface area contributed by atoms with Crippen molar-refractivity contribution in [2.75, 3.05) is 13.2 Å². The summed E-state index contributed by atoms with van der Waals surface area (Å²) >= 11 is 6.13. The number of halogens is 1. The van der Waals surface area contributed by atoms with Gasteiger partial charge < -0.3 is 10.3 Å². The average Bonchev–Trinajstić information content (AvgIpc) is 1.99. The molecule has 0 saturated heterocycles. The number of nitrogens with zero attached hydrogens (tertiary/aromatic N) is 1. The van der Waals surface area contributed by atoms with Crippen molar-refractivity contribution in [3.05, 3.63) is 0 Å². The van der Waals surface area contributed by atoms with Gasteiger partial charge in [0.15, 0.2) is 0 Å². The van der Waals surface area contributed by atoms with Gasteiger partial charge in [-0.05, 0) is 38.9 Å². The van der Waals surface area contributed by atoms with E-state index in [-0.39, 0.29) is 0 Å². The first-order valence-electron chi connectivity index (χ1n) is 4.57. The zero-order valence-corrected chi connectivity index (χ0v) is 10.5. The van der Waals surface area contributed by atoms with Crippen molar-refractivity contribution in [1.82, 2.24) is 4.67 Å². The van der Waals surface area contributed by atoms with Gasteiger partial charge in [0.2, 0.25) is 7.65 Å². The van der Waals surface area contributed by atoms with Crippen LogP contribution < -0.4 is 5.73 Å². The third kappa shape index (κ3) is 5.14. The van der Waals surface area contributed by atoms with Crippen LogP contribution in [0.15, 0.2) is 0 Å². The molecule has 0 amide bonds. The van der Waals surface area contributed by atoms with Crippen molar-refractivity contribution in [2.24, 2.45) is 5.73 Å². The molecule has 1 atom stereocenters. The Kier molecular flexibility index (Phi) is 7.29. The highest BCUT2D eigenvalue weighted by Crippen LogP contribution is 2.48. The van der Waals surface area contributed by atoms with Crippen LogP contribution in [0.25, 0.3) is 0 Å². The molecule has 2 N–H and O–H groups in total. The molecule has 0 rings (SSSR count). The van der Waals surface area contributed by atoms with Crippen LogP contribution in [-0.4, -0.2) is 29.9 Å². The summed E-state index contributed by atoms with van der Waals surface area (Å²) in [5.74, 6) is 0. The lowest BCUT2D eigenvalue weighted by molar-refractivity contribution is 0.266. The molecule has 80 valence electrons. The average molecular weight is 227 g/mol. The number of rotatable bonds is 6. The molecule has 0 saturated carbocycles. The fraction of sp³-hybridized carbons (Fsp3) is 1.00. The normalized spacial score (nSPS) is 14.5. The van der Waals surface area contributed by atoms with Gasteiger partial charge >= 0.3 is 0 Å². The Labute approximate surface area is 87.2 Å². The Morgan fingerprint density at radius 3 is 2.08 bits per heavy atom. The summed E-state index contributed by atoms with van der Waals surface area (Å²) in [6.45, 7) is 9.51. The standard InChI is InChI=1S/C8H20ClN2OP/c1-7(2)11(8(3)4)13(9)12-6-5-10/h7-8H,5-6,10H2,1-4H3. The monoisotopic (exact) mass is 226 g/mol. The molecule has 5 heteroatoms. The first-order chi connectivity index (χ1) is 6.00. The largest absolute Gasteiger partial charge is 0.330 e. The summed E-state index contributed by atoms with van der Waals surface area (Å²) in [7, 11) is -1.00. The van der Waals surface area contributed by atoms with Gasteiger partial charge in [-0.3, -0.25) is 0 Å². The molecule has 0 aromatic rings. The quantitative estimate of drug-likeness (QED) is 0.708. The smallest absolute Gasteiger partial charge is 0.207 e. The summed E-state index contributed by atoms with van der Waals surface area (Å²) < 4.78 is 7.57. The van der Waals surface area contributed by atoms with Crippen LogP contribution in [0.3, 0.4) is 0 Å². The molecule has 0 bridgehead atoms. The Hall–Kier alpha value is 0.600. The zero-order valence-electron chi connectivity index (χ0n) is 8.83.